The lowest BCUT2D eigenvalue weighted by Crippen LogP contribution is -2.31. The highest BCUT2D eigenvalue weighted by molar-refractivity contribution is 5.97. The van der Waals surface area contributed by atoms with Gasteiger partial charge in [-0.1, -0.05) is 184 Å². The van der Waals surface area contributed by atoms with Crippen LogP contribution in [0.1, 0.15) is 36.5 Å². The first-order valence-electron chi connectivity index (χ1n) is 20.8. The maximum absolute atomic E-state index is 2.53. The zero-order chi connectivity index (χ0) is 39.5. The van der Waals surface area contributed by atoms with Crippen LogP contribution in [-0.4, -0.2) is 6.04 Å². The van der Waals surface area contributed by atoms with Crippen molar-refractivity contribution in [3.8, 4) is 44.5 Å². The van der Waals surface area contributed by atoms with Crippen molar-refractivity contribution in [2.75, 3.05) is 9.80 Å². The third-order valence-electron chi connectivity index (χ3n) is 12.8. The Morgan fingerprint density at radius 3 is 1.80 bits per heavy atom. The number of nitrogens with zero attached hydrogens (tertiary/aromatic N) is 2. The summed E-state index contributed by atoms with van der Waals surface area (Å²) >= 11 is 0. The summed E-state index contributed by atoms with van der Waals surface area (Å²) in [4.78, 5) is 5.05. The second-order valence-corrected chi connectivity index (χ2v) is 16.4. The molecule has 0 fully saturated rings. The molecule has 282 valence electrons. The minimum Gasteiger partial charge on any atom is -0.333 e. The van der Waals surface area contributed by atoms with Crippen molar-refractivity contribution in [2.45, 2.75) is 31.2 Å². The van der Waals surface area contributed by atoms with Crippen molar-refractivity contribution in [3.63, 3.8) is 0 Å². The number of para-hydroxylation sites is 3. The van der Waals surface area contributed by atoms with Gasteiger partial charge in [-0.2, -0.15) is 0 Å². The van der Waals surface area contributed by atoms with E-state index >= 15 is 0 Å². The summed E-state index contributed by atoms with van der Waals surface area (Å²) in [6.45, 7) is 4.75. The molecule has 8 aromatic rings. The number of anilines is 4. The lowest BCUT2D eigenvalue weighted by molar-refractivity contribution is 0.660. The number of hydrogen-bond donors (Lipinski definition) is 0. The van der Waals surface area contributed by atoms with Crippen LogP contribution in [-0.2, 0) is 5.41 Å². The van der Waals surface area contributed by atoms with E-state index in [1.54, 1.807) is 0 Å². The van der Waals surface area contributed by atoms with Crippen molar-refractivity contribution in [1.82, 2.24) is 0 Å². The molecule has 0 N–H and O–H groups in total. The molecule has 0 aromatic heterocycles. The maximum Gasteiger partial charge on any atom is 0.0649 e. The Balaban J connectivity index is 1.12. The fourth-order valence-electron chi connectivity index (χ4n) is 10.1. The molecular weight excluding hydrogens is 713 g/mol. The van der Waals surface area contributed by atoms with E-state index in [9.17, 15) is 0 Å². The first-order valence-corrected chi connectivity index (χ1v) is 20.8. The van der Waals surface area contributed by atoms with Crippen LogP contribution in [0.25, 0.3) is 44.5 Å². The molecule has 0 spiro atoms. The third-order valence-corrected chi connectivity index (χ3v) is 12.8. The van der Waals surface area contributed by atoms with Gasteiger partial charge in [0.1, 0.15) is 0 Å². The highest BCUT2D eigenvalue weighted by atomic mass is 15.2. The second kappa shape index (κ2) is 14.0. The summed E-state index contributed by atoms with van der Waals surface area (Å²) in [6, 6.07) is 73.5. The Labute approximate surface area is 347 Å². The SMILES string of the molecule is CC1(C)c2ccccc2-c2ccc(N(C3=CC4C(C=C3)c3ccccc3N4c3ccccc3)c3ccccc3-c3ccccc3-c3ccccc3-c3ccccc3)cc21. The topological polar surface area (TPSA) is 6.48 Å². The van der Waals surface area contributed by atoms with E-state index in [0.29, 0.717) is 0 Å². The van der Waals surface area contributed by atoms with E-state index in [-0.39, 0.29) is 17.4 Å². The largest absolute Gasteiger partial charge is 0.333 e. The van der Waals surface area contributed by atoms with E-state index in [1.807, 2.05) is 0 Å². The number of rotatable bonds is 7. The molecule has 2 unspecified atom stereocenters. The lowest BCUT2D eigenvalue weighted by Gasteiger charge is -2.35. The van der Waals surface area contributed by atoms with Gasteiger partial charge < -0.3 is 9.80 Å². The molecule has 1 aliphatic heterocycles. The van der Waals surface area contributed by atoms with Gasteiger partial charge in [0, 0.05) is 39.7 Å². The van der Waals surface area contributed by atoms with Crippen LogP contribution in [0.15, 0.2) is 224 Å². The summed E-state index contributed by atoms with van der Waals surface area (Å²) in [6.07, 6.45) is 7.32. The van der Waals surface area contributed by atoms with Crippen molar-refractivity contribution in [1.29, 1.82) is 0 Å². The summed E-state index contributed by atoms with van der Waals surface area (Å²) in [5.41, 5.74) is 19.8. The summed E-state index contributed by atoms with van der Waals surface area (Å²) in [5.74, 6) is 0.232. The molecular formula is C57H44N2. The monoisotopic (exact) mass is 756 g/mol. The van der Waals surface area contributed by atoms with Gasteiger partial charge in [0.25, 0.3) is 0 Å². The van der Waals surface area contributed by atoms with Crippen LogP contribution < -0.4 is 9.80 Å². The Hall–Kier alpha value is -7.16. The quantitative estimate of drug-likeness (QED) is 0.160. The molecule has 11 rings (SSSR count). The zero-order valence-corrected chi connectivity index (χ0v) is 33.3. The van der Waals surface area contributed by atoms with E-state index in [4.69, 9.17) is 0 Å². The minimum atomic E-state index is -0.139. The Kier molecular flexibility index (Phi) is 8.34. The van der Waals surface area contributed by atoms with Gasteiger partial charge in [-0.3, -0.25) is 0 Å². The third kappa shape index (κ3) is 5.70. The van der Waals surface area contributed by atoms with E-state index < -0.39 is 0 Å². The predicted molar refractivity (Wildman–Crippen MR) is 248 cm³/mol. The van der Waals surface area contributed by atoms with E-state index in [0.717, 1.165) is 17.1 Å². The van der Waals surface area contributed by atoms with Gasteiger partial charge in [0.15, 0.2) is 0 Å². The fraction of sp³-hybridized carbons (Fsp3) is 0.0877. The van der Waals surface area contributed by atoms with Crippen LogP contribution in [0.3, 0.4) is 0 Å². The van der Waals surface area contributed by atoms with Crippen molar-refractivity contribution >= 4 is 22.7 Å². The highest BCUT2D eigenvalue weighted by Crippen LogP contribution is 2.53. The van der Waals surface area contributed by atoms with E-state index in [2.05, 4.69) is 242 Å². The molecule has 0 radical (unpaired) electrons. The number of fused-ring (bicyclic) bond motifs is 6. The molecule has 0 saturated carbocycles. The molecule has 2 aliphatic carbocycles. The zero-order valence-electron chi connectivity index (χ0n) is 33.3. The lowest BCUT2D eigenvalue weighted by atomic mass is 9.82. The predicted octanol–water partition coefficient (Wildman–Crippen LogP) is 14.9. The van der Waals surface area contributed by atoms with Gasteiger partial charge in [0.05, 0.1) is 11.7 Å². The number of benzene rings is 8. The van der Waals surface area contributed by atoms with E-state index in [1.165, 1.54) is 72.6 Å². The standard InChI is InChI=1S/C57H44N2/c1-57(2)52-30-16-13-27-47(52)48-35-33-41(37-53(48)57)58(42-34-36-51-50-29-15-18-32-55(50)59(56(51)38-42)40-21-7-4-8-22-40)54-31-17-14-28-49(54)46-26-12-11-25-45(46)44-24-10-9-23-43(44)39-19-5-3-6-20-39/h3-38,51,56H,1-2H3. The molecule has 0 amide bonds. The molecule has 3 aliphatic rings. The number of allylic oxidation sites excluding steroid dienone is 1. The average Bonchev–Trinajstić information content (AvgIpc) is 3.75. The average molecular weight is 757 g/mol. The van der Waals surface area contributed by atoms with Gasteiger partial charge in [-0.15, -0.1) is 0 Å². The molecule has 2 heteroatoms. The van der Waals surface area contributed by atoms with Crippen molar-refractivity contribution in [3.05, 3.63) is 241 Å². The fourth-order valence-corrected chi connectivity index (χ4v) is 10.1. The van der Waals surface area contributed by atoms with Gasteiger partial charge in [-0.25, -0.2) is 0 Å². The first kappa shape index (κ1) is 35.0. The maximum atomic E-state index is 2.53. The van der Waals surface area contributed by atoms with Crippen LogP contribution in [0.5, 0.6) is 0 Å². The number of hydrogen-bond acceptors (Lipinski definition) is 2. The molecule has 2 atom stereocenters. The normalized spacial score (nSPS) is 16.8. The van der Waals surface area contributed by atoms with Gasteiger partial charge in [-0.05, 0) is 104 Å². The smallest absolute Gasteiger partial charge is 0.0649 e. The Morgan fingerprint density at radius 2 is 1.03 bits per heavy atom. The summed E-state index contributed by atoms with van der Waals surface area (Å²) < 4.78 is 0. The minimum absolute atomic E-state index is 0.102. The Bertz CT molecular complexity index is 2940. The van der Waals surface area contributed by atoms with Crippen LogP contribution in [0.4, 0.5) is 22.7 Å². The summed E-state index contributed by atoms with van der Waals surface area (Å²) in [7, 11) is 0. The Morgan fingerprint density at radius 1 is 0.475 bits per heavy atom. The van der Waals surface area contributed by atoms with Crippen LogP contribution >= 0.6 is 0 Å². The molecule has 0 bridgehead atoms. The molecule has 59 heavy (non-hydrogen) atoms. The molecule has 2 nitrogen and oxygen atoms in total. The van der Waals surface area contributed by atoms with Crippen molar-refractivity contribution in [2.24, 2.45) is 0 Å². The molecule has 1 heterocycles. The molecule has 0 saturated heterocycles. The molecule has 8 aromatic carbocycles. The highest BCUT2D eigenvalue weighted by Gasteiger charge is 2.40. The second-order valence-electron chi connectivity index (χ2n) is 16.4. The van der Waals surface area contributed by atoms with Crippen LogP contribution in [0, 0.1) is 0 Å². The van der Waals surface area contributed by atoms with Gasteiger partial charge >= 0.3 is 0 Å². The van der Waals surface area contributed by atoms with Gasteiger partial charge in [0.2, 0.25) is 0 Å². The summed E-state index contributed by atoms with van der Waals surface area (Å²) in [5, 5.41) is 0. The van der Waals surface area contributed by atoms with Crippen LogP contribution in [0.2, 0.25) is 0 Å². The first-order chi connectivity index (χ1) is 29.1. The van der Waals surface area contributed by atoms with Crippen molar-refractivity contribution < 1.29 is 0 Å².